The van der Waals surface area contributed by atoms with Gasteiger partial charge in [0.05, 0.1) is 0 Å². The maximum atomic E-state index is 12.2. The second-order valence-corrected chi connectivity index (χ2v) is 4.49. The molecule has 106 valence electrons. The number of nitrogens with zero attached hydrogens (tertiary/aromatic N) is 3. The summed E-state index contributed by atoms with van der Waals surface area (Å²) in [4.78, 5) is 32.0. The van der Waals surface area contributed by atoms with Crippen LogP contribution in [0.2, 0.25) is 0 Å². The number of pyridine rings is 2. The molecule has 0 aliphatic heterocycles. The van der Waals surface area contributed by atoms with Gasteiger partial charge >= 0.3 is 0 Å². The lowest BCUT2D eigenvalue weighted by Crippen LogP contribution is -2.19. The fourth-order valence-electron chi connectivity index (χ4n) is 1.57. The number of hydrogen-bond donors (Lipinski definition) is 1. The van der Waals surface area contributed by atoms with Crippen molar-refractivity contribution in [1.29, 1.82) is 0 Å². The molecule has 0 saturated heterocycles. The summed E-state index contributed by atoms with van der Waals surface area (Å²) < 4.78 is 0. The molecule has 2 aromatic heterocycles. The second-order valence-electron chi connectivity index (χ2n) is 4.49. The van der Waals surface area contributed by atoms with Crippen molar-refractivity contribution in [3.05, 3.63) is 59.7 Å². The summed E-state index contributed by atoms with van der Waals surface area (Å²) in [6, 6.07) is 6.17. The number of carbonyl (C=O) groups excluding carboxylic acids is 2. The van der Waals surface area contributed by atoms with Crippen LogP contribution in [0.4, 0.5) is 0 Å². The van der Waals surface area contributed by atoms with Gasteiger partial charge in [-0.3, -0.25) is 19.6 Å². The predicted molar refractivity (Wildman–Crippen MR) is 78.2 cm³/mol. The molecule has 0 aliphatic carbocycles. The lowest BCUT2D eigenvalue weighted by molar-refractivity contribution is 0.0954. The molecule has 0 aliphatic rings. The number of carbonyl (C=O) groups is 2. The molecule has 1 N–H and O–H groups in total. The van der Waals surface area contributed by atoms with E-state index in [-0.39, 0.29) is 17.4 Å². The lowest BCUT2D eigenvalue weighted by atomic mass is 10.1. The van der Waals surface area contributed by atoms with Crippen LogP contribution in [0.3, 0.4) is 0 Å². The summed E-state index contributed by atoms with van der Waals surface area (Å²) in [5.74, 6) is -0.649. The van der Waals surface area contributed by atoms with Gasteiger partial charge in [-0.1, -0.05) is 0 Å². The average Bonchev–Trinajstić information content (AvgIpc) is 2.52. The van der Waals surface area contributed by atoms with Crippen molar-refractivity contribution in [2.45, 2.75) is 13.8 Å². The number of rotatable bonds is 4. The van der Waals surface area contributed by atoms with Crippen molar-refractivity contribution < 1.29 is 9.59 Å². The van der Waals surface area contributed by atoms with Crippen molar-refractivity contribution >= 4 is 17.4 Å². The monoisotopic (exact) mass is 282 g/mol. The summed E-state index contributed by atoms with van der Waals surface area (Å²) in [6.07, 6.45) is 4.48. The molecule has 2 heterocycles. The van der Waals surface area contributed by atoms with E-state index >= 15 is 0 Å². The topological polar surface area (TPSA) is 84.3 Å². The highest BCUT2D eigenvalue weighted by atomic mass is 16.2. The average molecular weight is 282 g/mol. The van der Waals surface area contributed by atoms with Gasteiger partial charge in [-0.2, -0.15) is 5.10 Å². The fourth-order valence-corrected chi connectivity index (χ4v) is 1.57. The first-order valence-corrected chi connectivity index (χ1v) is 6.30. The summed E-state index contributed by atoms with van der Waals surface area (Å²) in [5, 5.41) is 3.84. The Labute approximate surface area is 121 Å². The fraction of sp³-hybridized carbons (Fsp3) is 0.133. The van der Waals surface area contributed by atoms with Gasteiger partial charge in [0, 0.05) is 35.4 Å². The molecule has 0 radical (unpaired) electrons. The standard InChI is InChI=1S/C15H14N4O2/c1-10(2)18-19-15(21)12-5-8-17-13(9-12)14(20)11-3-6-16-7-4-11/h3-9H,1-2H3,(H,19,21). The molecule has 1 amide bonds. The molecule has 21 heavy (non-hydrogen) atoms. The highest BCUT2D eigenvalue weighted by Gasteiger charge is 2.13. The number of aromatic nitrogens is 2. The van der Waals surface area contributed by atoms with Gasteiger partial charge < -0.3 is 0 Å². The quantitative estimate of drug-likeness (QED) is 0.527. The minimum atomic E-state index is -0.387. The Bertz CT molecular complexity index is 692. The van der Waals surface area contributed by atoms with Crippen LogP contribution in [0.25, 0.3) is 0 Å². The third-order valence-corrected chi connectivity index (χ3v) is 2.58. The highest BCUT2D eigenvalue weighted by Crippen LogP contribution is 2.08. The Balaban J connectivity index is 2.24. The maximum absolute atomic E-state index is 12.2. The van der Waals surface area contributed by atoms with E-state index in [9.17, 15) is 9.59 Å². The second kappa shape index (κ2) is 6.51. The van der Waals surface area contributed by atoms with E-state index in [1.54, 1.807) is 26.0 Å². The SMILES string of the molecule is CC(C)=NNC(=O)c1ccnc(C(=O)c2ccncc2)c1. The molecular weight excluding hydrogens is 268 g/mol. The molecular formula is C15H14N4O2. The number of nitrogens with one attached hydrogen (secondary N) is 1. The van der Waals surface area contributed by atoms with Crippen LogP contribution < -0.4 is 5.43 Å². The highest BCUT2D eigenvalue weighted by molar-refractivity contribution is 6.08. The lowest BCUT2D eigenvalue weighted by Gasteiger charge is -2.03. The van der Waals surface area contributed by atoms with Gasteiger partial charge in [-0.05, 0) is 38.1 Å². The normalized spacial score (nSPS) is 9.81. The molecule has 6 nitrogen and oxygen atoms in total. The van der Waals surface area contributed by atoms with E-state index in [4.69, 9.17) is 0 Å². The first-order chi connectivity index (χ1) is 10.1. The van der Waals surface area contributed by atoms with Crippen molar-refractivity contribution in [2.75, 3.05) is 0 Å². The molecule has 0 bridgehead atoms. The molecule has 6 heteroatoms. The van der Waals surface area contributed by atoms with E-state index in [0.29, 0.717) is 11.1 Å². The Morgan fingerprint density at radius 3 is 2.38 bits per heavy atom. The molecule has 0 spiro atoms. The van der Waals surface area contributed by atoms with E-state index in [1.807, 2.05) is 0 Å². The molecule has 2 aromatic rings. The Kier molecular flexibility index (Phi) is 4.50. The number of ketones is 1. The van der Waals surface area contributed by atoms with Gasteiger partial charge in [0.1, 0.15) is 5.69 Å². The van der Waals surface area contributed by atoms with Crippen LogP contribution in [-0.2, 0) is 0 Å². The summed E-state index contributed by atoms with van der Waals surface area (Å²) in [7, 11) is 0. The predicted octanol–water partition coefficient (Wildman–Crippen LogP) is 1.83. The number of amides is 1. The van der Waals surface area contributed by atoms with E-state index in [1.165, 1.54) is 30.7 Å². The maximum Gasteiger partial charge on any atom is 0.271 e. The van der Waals surface area contributed by atoms with Crippen LogP contribution in [0.1, 0.15) is 40.3 Å². The van der Waals surface area contributed by atoms with Crippen LogP contribution in [-0.4, -0.2) is 27.4 Å². The summed E-state index contributed by atoms with van der Waals surface area (Å²) >= 11 is 0. The van der Waals surface area contributed by atoms with Crippen molar-refractivity contribution in [1.82, 2.24) is 15.4 Å². The Morgan fingerprint density at radius 1 is 1.05 bits per heavy atom. The first-order valence-electron chi connectivity index (χ1n) is 6.30. The molecule has 0 fully saturated rings. The summed E-state index contributed by atoms with van der Waals surface area (Å²) in [5.41, 5.74) is 4.13. The molecule has 0 saturated carbocycles. The summed E-state index contributed by atoms with van der Waals surface area (Å²) in [6.45, 7) is 3.54. The first kappa shape index (κ1) is 14.5. The van der Waals surface area contributed by atoms with E-state index < -0.39 is 0 Å². The largest absolute Gasteiger partial charge is 0.287 e. The number of hydrazone groups is 1. The Morgan fingerprint density at radius 2 is 1.71 bits per heavy atom. The zero-order valence-electron chi connectivity index (χ0n) is 11.7. The van der Waals surface area contributed by atoms with Crippen molar-refractivity contribution in [3.8, 4) is 0 Å². The van der Waals surface area contributed by atoms with Crippen LogP contribution in [0.5, 0.6) is 0 Å². The van der Waals surface area contributed by atoms with Crippen molar-refractivity contribution in [3.63, 3.8) is 0 Å². The zero-order valence-corrected chi connectivity index (χ0v) is 11.7. The van der Waals surface area contributed by atoms with Gasteiger partial charge in [0.25, 0.3) is 5.91 Å². The third-order valence-electron chi connectivity index (χ3n) is 2.58. The molecule has 2 rings (SSSR count). The number of hydrogen-bond acceptors (Lipinski definition) is 5. The molecule has 0 unspecified atom stereocenters. The van der Waals surface area contributed by atoms with E-state index in [2.05, 4.69) is 20.5 Å². The zero-order chi connectivity index (χ0) is 15.2. The van der Waals surface area contributed by atoms with E-state index in [0.717, 1.165) is 5.71 Å². The van der Waals surface area contributed by atoms with Gasteiger partial charge in [0.2, 0.25) is 5.78 Å². The minimum Gasteiger partial charge on any atom is -0.287 e. The third kappa shape index (κ3) is 3.79. The van der Waals surface area contributed by atoms with Crippen molar-refractivity contribution in [2.24, 2.45) is 5.10 Å². The minimum absolute atomic E-state index is 0.200. The van der Waals surface area contributed by atoms with Crippen LogP contribution in [0, 0.1) is 0 Å². The van der Waals surface area contributed by atoms with Gasteiger partial charge in [-0.15, -0.1) is 0 Å². The van der Waals surface area contributed by atoms with Crippen LogP contribution >= 0.6 is 0 Å². The Hall–Kier alpha value is -2.89. The molecule has 0 aromatic carbocycles. The molecule has 0 atom stereocenters. The van der Waals surface area contributed by atoms with Gasteiger partial charge in [-0.25, -0.2) is 5.43 Å². The van der Waals surface area contributed by atoms with Gasteiger partial charge in [0.15, 0.2) is 0 Å². The smallest absolute Gasteiger partial charge is 0.271 e. The van der Waals surface area contributed by atoms with Crippen LogP contribution in [0.15, 0.2) is 48.0 Å².